The first-order valence-corrected chi connectivity index (χ1v) is 6.34. The van der Waals surface area contributed by atoms with Gasteiger partial charge in [0.15, 0.2) is 0 Å². The number of rotatable bonds is 6. The average molecular weight is 227 g/mol. The summed E-state index contributed by atoms with van der Waals surface area (Å²) >= 11 is 0. The van der Waals surface area contributed by atoms with Crippen molar-refractivity contribution in [3.8, 4) is 0 Å². The van der Waals surface area contributed by atoms with Gasteiger partial charge in [0.2, 0.25) is 0 Å². The molecule has 94 valence electrons. The van der Waals surface area contributed by atoms with Crippen molar-refractivity contribution in [1.29, 1.82) is 0 Å². The molecule has 0 aromatic rings. The van der Waals surface area contributed by atoms with Gasteiger partial charge in [-0.2, -0.15) is 0 Å². The third-order valence-electron chi connectivity index (χ3n) is 3.64. The second-order valence-electron chi connectivity index (χ2n) is 5.30. The average Bonchev–Trinajstić information content (AvgIpc) is 2.29. The molecule has 0 aromatic heterocycles. The standard InChI is InChI=1S/C13H25NO2/c1-4-12(2)9-14(3)10-13(11-15)5-7-16-8-6-13/h11-12H,4-10H2,1-3H3. The lowest BCUT2D eigenvalue weighted by Crippen LogP contribution is -2.42. The van der Waals surface area contributed by atoms with Crippen LogP contribution in [0, 0.1) is 11.3 Å². The predicted molar refractivity (Wildman–Crippen MR) is 65.5 cm³/mol. The van der Waals surface area contributed by atoms with Crippen LogP contribution in [0.25, 0.3) is 0 Å². The fourth-order valence-electron chi connectivity index (χ4n) is 2.35. The van der Waals surface area contributed by atoms with Gasteiger partial charge >= 0.3 is 0 Å². The van der Waals surface area contributed by atoms with Gasteiger partial charge < -0.3 is 14.4 Å². The van der Waals surface area contributed by atoms with Gasteiger partial charge in [-0.15, -0.1) is 0 Å². The molecule has 3 heteroatoms. The Morgan fingerprint density at radius 1 is 1.44 bits per heavy atom. The van der Waals surface area contributed by atoms with Gasteiger partial charge in [0, 0.05) is 31.7 Å². The number of carbonyl (C=O) groups is 1. The van der Waals surface area contributed by atoms with Gasteiger partial charge in [-0.3, -0.25) is 0 Å². The SMILES string of the molecule is CCC(C)CN(C)CC1(C=O)CCOCC1. The van der Waals surface area contributed by atoms with Gasteiger partial charge in [0.1, 0.15) is 6.29 Å². The van der Waals surface area contributed by atoms with Crippen LogP contribution in [-0.4, -0.2) is 44.5 Å². The van der Waals surface area contributed by atoms with Crippen LogP contribution < -0.4 is 0 Å². The number of carbonyl (C=O) groups excluding carboxylic acids is 1. The molecule has 1 fully saturated rings. The maximum atomic E-state index is 11.3. The highest BCUT2D eigenvalue weighted by Crippen LogP contribution is 2.29. The third kappa shape index (κ3) is 3.87. The van der Waals surface area contributed by atoms with Crippen molar-refractivity contribution in [3.05, 3.63) is 0 Å². The van der Waals surface area contributed by atoms with Crippen LogP contribution in [0.4, 0.5) is 0 Å². The van der Waals surface area contributed by atoms with Crippen LogP contribution in [0.5, 0.6) is 0 Å². The van der Waals surface area contributed by atoms with Gasteiger partial charge in [0.05, 0.1) is 0 Å². The summed E-state index contributed by atoms with van der Waals surface area (Å²) in [6.45, 7) is 7.89. The largest absolute Gasteiger partial charge is 0.381 e. The lowest BCUT2D eigenvalue weighted by atomic mass is 9.81. The topological polar surface area (TPSA) is 29.5 Å². The van der Waals surface area contributed by atoms with Crippen molar-refractivity contribution < 1.29 is 9.53 Å². The number of aldehydes is 1. The summed E-state index contributed by atoms with van der Waals surface area (Å²) in [5.41, 5.74) is -0.152. The molecule has 1 saturated heterocycles. The summed E-state index contributed by atoms with van der Waals surface area (Å²) in [7, 11) is 2.12. The molecule has 1 atom stereocenters. The number of hydrogen-bond donors (Lipinski definition) is 0. The van der Waals surface area contributed by atoms with Gasteiger partial charge in [0.25, 0.3) is 0 Å². The first-order valence-electron chi connectivity index (χ1n) is 6.34. The van der Waals surface area contributed by atoms with E-state index in [0.29, 0.717) is 5.92 Å². The Morgan fingerprint density at radius 3 is 2.56 bits per heavy atom. The molecule has 0 amide bonds. The van der Waals surface area contributed by atoms with Crippen molar-refractivity contribution in [1.82, 2.24) is 4.90 Å². The molecule has 0 spiro atoms. The minimum absolute atomic E-state index is 0.152. The molecule has 1 rings (SSSR count). The summed E-state index contributed by atoms with van der Waals surface area (Å²) < 4.78 is 5.33. The Kier molecular flexibility index (Phi) is 5.42. The van der Waals surface area contributed by atoms with E-state index >= 15 is 0 Å². The quantitative estimate of drug-likeness (QED) is 0.650. The number of nitrogens with zero attached hydrogens (tertiary/aromatic N) is 1. The first-order chi connectivity index (χ1) is 7.62. The van der Waals surface area contributed by atoms with Gasteiger partial charge in [-0.25, -0.2) is 0 Å². The minimum atomic E-state index is -0.152. The van der Waals surface area contributed by atoms with Crippen LogP contribution in [0.2, 0.25) is 0 Å². The zero-order valence-electron chi connectivity index (χ0n) is 10.9. The molecule has 1 aliphatic rings. The highest BCUT2D eigenvalue weighted by molar-refractivity contribution is 5.60. The predicted octanol–water partition coefficient (Wildman–Crippen LogP) is 1.96. The zero-order valence-corrected chi connectivity index (χ0v) is 10.9. The molecular weight excluding hydrogens is 202 g/mol. The molecule has 16 heavy (non-hydrogen) atoms. The van der Waals surface area contributed by atoms with Crippen LogP contribution in [0.1, 0.15) is 33.1 Å². The van der Waals surface area contributed by atoms with Gasteiger partial charge in [-0.1, -0.05) is 20.3 Å². The van der Waals surface area contributed by atoms with Crippen molar-refractivity contribution in [2.75, 3.05) is 33.4 Å². The molecule has 0 saturated carbocycles. The molecule has 1 heterocycles. The van der Waals surface area contributed by atoms with Crippen LogP contribution in [0.3, 0.4) is 0 Å². The minimum Gasteiger partial charge on any atom is -0.381 e. The highest BCUT2D eigenvalue weighted by Gasteiger charge is 2.33. The fourth-order valence-corrected chi connectivity index (χ4v) is 2.35. The third-order valence-corrected chi connectivity index (χ3v) is 3.64. The number of ether oxygens (including phenoxy) is 1. The Labute approximate surface area is 99.1 Å². The molecule has 0 aliphatic carbocycles. The van der Waals surface area contributed by atoms with E-state index in [2.05, 4.69) is 25.8 Å². The smallest absolute Gasteiger partial charge is 0.127 e. The Balaban J connectivity index is 2.45. The summed E-state index contributed by atoms with van der Waals surface area (Å²) in [6, 6.07) is 0. The maximum absolute atomic E-state index is 11.3. The molecule has 3 nitrogen and oxygen atoms in total. The molecule has 0 bridgehead atoms. The highest BCUT2D eigenvalue weighted by atomic mass is 16.5. The van der Waals surface area contributed by atoms with Gasteiger partial charge in [-0.05, 0) is 25.8 Å². The lowest BCUT2D eigenvalue weighted by molar-refractivity contribution is -0.122. The molecule has 1 aliphatic heterocycles. The van der Waals surface area contributed by atoms with E-state index in [0.717, 1.165) is 45.4 Å². The first kappa shape index (κ1) is 13.7. The second-order valence-corrected chi connectivity index (χ2v) is 5.30. The summed E-state index contributed by atoms with van der Waals surface area (Å²) in [6.07, 6.45) is 4.10. The zero-order chi connectivity index (χ0) is 12.0. The van der Waals surface area contributed by atoms with E-state index in [9.17, 15) is 4.79 Å². The molecule has 0 radical (unpaired) electrons. The van der Waals surface area contributed by atoms with Crippen LogP contribution in [0.15, 0.2) is 0 Å². The Bertz CT molecular complexity index is 212. The summed E-state index contributed by atoms with van der Waals surface area (Å²) in [5, 5.41) is 0. The lowest BCUT2D eigenvalue weighted by Gasteiger charge is -2.36. The van der Waals surface area contributed by atoms with E-state index < -0.39 is 0 Å². The van der Waals surface area contributed by atoms with Crippen LogP contribution >= 0.6 is 0 Å². The van der Waals surface area contributed by atoms with E-state index in [4.69, 9.17) is 4.74 Å². The van der Waals surface area contributed by atoms with E-state index in [1.54, 1.807) is 0 Å². The van der Waals surface area contributed by atoms with Crippen molar-refractivity contribution in [2.45, 2.75) is 33.1 Å². The summed E-state index contributed by atoms with van der Waals surface area (Å²) in [5.74, 6) is 0.702. The Morgan fingerprint density at radius 2 is 2.06 bits per heavy atom. The fraction of sp³-hybridized carbons (Fsp3) is 0.923. The molecular formula is C13H25NO2. The summed E-state index contributed by atoms with van der Waals surface area (Å²) in [4.78, 5) is 13.6. The van der Waals surface area contributed by atoms with E-state index in [1.807, 2.05) is 0 Å². The van der Waals surface area contributed by atoms with E-state index in [-0.39, 0.29) is 5.41 Å². The van der Waals surface area contributed by atoms with Crippen LogP contribution in [-0.2, 0) is 9.53 Å². The maximum Gasteiger partial charge on any atom is 0.127 e. The Hall–Kier alpha value is -0.410. The monoisotopic (exact) mass is 227 g/mol. The second kappa shape index (κ2) is 6.36. The normalized spacial score (nSPS) is 22.0. The molecule has 1 unspecified atom stereocenters. The van der Waals surface area contributed by atoms with E-state index in [1.165, 1.54) is 6.42 Å². The van der Waals surface area contributed by atoms with Crippen molar-refractivity contribution in [3.63, 3.8) is 0 Å². The number of hydrogen-bond acceptors (Lipinski definition) is 3. The van der Waals surface area contributed by atoms with Crippen molar-refractivity contribution in [2.24, 2.45) is 11.3 Å². The van der Waals surface area contributed by atoms with Crippen molar-refractivity contribution >= 4 is 6.29 Å². The molecule has 0 N–H and O–H groups in total. The molecule has 0 aromatic carbocycles.